The highest BCUT2D eigenvalue weighted by Gasteiger charge is 2.33. The van der Waals surface area contributed by atoms with Gasteiger partial charge in [-0.25, -0.2) is 0 Å². The van der Waals surface area contributed by atoms with E-state index in [4.69, 9.17) is 8.85 Å². The zero-order valence-electron chi connectivity index (χ0n) is 22.7. The first-order valence-electron chi connectivity index (χ1n) is 14.3. The average molecular weight is 485 g/mol. The fourth-order valence-electron chi connectivity index (χ4n) is 4.18. The van der Waals surface area contributed by atoms with Crippen molar-refractivity contribution >= 4 is 20.5 Å². The molecule has 196 valence electrons. The van der Waals surface area contributed by atoms with Crippen molar-refractivity contribution in [1.29, 1.82) is 0 Å². The van der Waals surface area contributed by atoms with Crippen LogP contribution in [0, 0.1) is 0 Å². The van der Waals surface area contributed by atoms with Crippen LogP contribution in [0.3, 0.4) is 0 Å². The van der Waals surface area contributed by atoms with Crippen molar-refractivity contribution < 1.29 is 18.4 Å². The topological polar surface area (TPSA) is 52.6 Å². The Morgan fingerprint density at radius 2 is 0.697 bits per heavy atom. The highest BCUT2D eigenvalue weighted by Crippen LogP contribution is 2.15. The van der Waals surface area contributed by atoms with Crippen molar-refractivity contribution in [3.05, 3.63) is 0 Å². The summed E-state index contributed by atoms with van der Waals surface area (Å²) in [7, 11) is -2.72. The Morgan fingerprint density at radius 1 is 0.455 bits per heavy atom. The molecule has 0 aromatic rings. The summed E-state index contributed by atoms with van der Waals surface area (Å²) in [5, 5.41) is 0. The van der Waals surface area contributed by atoms with Gasteiger partial charge >= 0.3 is 8.56 Å². The fraction of sp³-hybridized carbons (Fsp3) is 0.929. The van der Waals surface area contributed by atoms with Crippen molar-refractivity contribution in [3.8, 4) is 0 Å². The molecule has 0 aliphatic carbocycles. The SMILES string of the molecule is CCCCCCCCCCCCC(=O)O[Si](C)(C)OC(=O)CCCCCCCCCCCC. The predicted octanol–water partition coefficient (Wildman–Crippen LogP) is 9.40. The smallest absolute Gasteiger partial charge is 0.457 e. The molecule has 0 aliphatic heterocycles. The maximum absolute atomic E-state index is 12.1. The molecule has 0 aliphatic rings. The van der Waals surface area contributed by atoms with Crippen LogP contribution in [0.2, 0.25) is 13.1 Å². The van der Waals surface area contributed by atoms with Gasteiger partial charge in [0.1, 0.15) is 0 Å². The largest absolute Gasteiger partial charge is 0.485 e. The number of carbonyl (C=O) groups excluding carboxylic acids is 2. The number of unbranched alkanes of at least 4 members (excludes halogenated alkanes) is 18. The van der Waals surface area contributed by atoms with Crippen molar-refractivity contribution in [1.82, 2.24) is 0 Å². The minimum atomic E-state index is -2.72. The monoisotopic (exact) mass is 484 g/mol. The van der Waals surface area contributed by atoms with Gasteiger partial charge in [-0.3, -0.25) is 9.59 Å². The highest BCUT2D eigenvalue weighted by molar-refractivity contribution is 6.67. The molecule has 0 saturated heterocycles. The van der Waals surface area contributed by atoms with Gasteiger partial charge in [-0.15, -0.1) is 0 Å². The van der Waals surface area contributed by atoms with E-state index in [9.17, 15) is 9.59 Å². The zero-order chi connectivity index (χ0) is 24.6. The second-order valence-electron chi connectivity index (χ2n) is 10.2. The molecule has 4 nitrogen and oxygen atoms in total. The van der Waals surface area contributed by atoms with Crippen LogP contribution in [0.25, 0.3) is 0 Å². The summed E-state index contributed by atoms with van der Waals surface area (Å²) in [6.45, 7) is 8.08. The third-order valence-corrected chi connectivity index (χ3v) is 7.63. The minimum Gasteiger partial charge on any atom is -0.485 e. The maximum Gasteiger partial charge on any atom is 0.457 e. The van der Waals surface area contributed by atoms with Crippen LogP contribution in [0.15, 0.2) is 0 Å². The molecular weight excluding hydrogens is 428 g/mol. The third-order valence-electron chi connectivity index (χ3n) is 6.19. The molecule has 0 saturated carbocycles. The molecule has 0 heterocycles. The molecular formula is C28H56O4Si. The van der Waals surface area contributed by atoms with Crippen molar-refractivity contribution in [2.24, 2.45) is 0 Å². The van der Waals surface area contributed by atoms with Gasteiger partial charge in [-0.05, 0) is 12.8 Å². The Morgan fingerprint density at radius 3 is 0.970 bits per heavy atom. The van der Waals surface area contributed by atoms with Crippen molar-refractivity contribution in [2.45, 2.75) is 168 Å². The van der Waals surface area contributed by atoms with Gasteiger partial charge in [0, 0.05) is 25.9 Å². The molecule has 0 bridgehead atoms. The Bertz CT molecular complexity index is 425. The van der Waals surface area contributed by atoms with Crippen LogP contribution in [-0.4, -0.2) is 20.5 Å². The molecule has 0 unspecified atom stereocenters. The van der Waals surface area contributed by atoms with E-state index >= 15 is 0 Å². The summed E-state index contributed by atoms with van der Waals surface area (Å²) in [5.74, 6) is -0.420. The van der Waals surface area contributed by atoms with E-state index in [2.05, 4.69) is 13.8 Å². The molecule has 33 heavy (non-hydrogen) atoms. The van der Waals surface area contributed by atoms with E-state index in [0.717, 1.165) is 25.7 Å². The van der Waals surface area contributed by atoms with E-state index in [-0.39, 0.29) is 11.9 Å². The first-order chi connectivity index (χ1) is 15.9. The van der Waals surface area contributed by atoms with Crippen molar-refractivity contribution in [2.75, 3.05) is 0 Å². The maximum atomic E-state index is 12.1. The molecule has 5 heteroatoms. The second-order valence-corrected chi connectivity index (χ2v) is 13.4. The lowest BCUT2D eigenvalue weighted by Crippen LogP contribution is -2.39. The van der Waals surface area contributed by atoms with Gasteiger partial charge in [-0.2, -0.15) is 0 Å². The number of rotatable bonds is 24. The van der Waals surface area contributed by atoms with Gasteiger partial charge in [0.15, 0.2) is 0 Å². The van der Waals surface area contributed by atoms with Crippen LogP contribution in [-0.2, 0) is 18.4 Å². The predicted molar refractivity (Wildman–Crippen MR) is 143 cm³/mol. The molecule has 0 radical (unpaired) electrons. The highest BCUT2D eigenvalue weighted by atomic mass is 28.4. The van der Waals surface area contributed by atoms with E-state index in [1.807, 2.05) is 0 Å². The normalized spacial score (nSPS) is 11.5. The Labute approximate surface area is 207 Å². The summed E-state index contributed by atoms with van der Waals surface area (Å²) in [4.78, 5) is 24.3. The lowest BCUT2D eigenvalue weighted by molar-refractivity contribution is -0.141. The van der Waals surface area contributed by atoms with Crippen molar-refractivity contribution in [3.63, 3.8) is 0 Å². The lowest BCUT2D eigenvalue weighted by Gasteiger charge is -2.22. The first-order valence-corrected chi connectivity index (χ1v) is 17.2. The zero-order valence-corrected chi connectivity index (χ0v) is 23.7. The second kappa shape index (κ2) is 22.9. The molecule has 0 amide bonds. The fourth-order valence-corrected chi connectivity index (χ4v) is 5.53. The van der Waals surface area contributed by atoms with E-state index in [1.54, 1.807) is 13.1 Å². The summed E-state index contributed by atoms with van der Waals surface area (Å²) >= 11 is 0. The number of carbonyl (C=O) groups is 2. The molecule has 0 aromatic heterocycles. The molecule has 0 atom stereocenters. The van der Waals surface area contributed by atoms with E-state index in [0.29, 0.717) is 12.8 Å². The van der Waals surface area contributed by atoms with Gasteiger partial charge in [0.25, 0.3) is 11.9 Å². The van der Waals surface area contributed by atoms with Gasteiger partial charge in [0.05, 0.1) is 0 Å². The lowest BCUT2D eigenvalue weighted by atomic mass is 10.1. The summed E-state index contributed by atoms with van der Waals surface area (Å²) in [5.41, 5.74) is 0. The molecule has 0 aromatic carbocycles. The van der Waals surface area contributed by atoms with E-state index in [1.165, 1.54) is 103 Å². The minimum absolute atomic E-state index is 0.210. The number of hydrogen-bond donors (Lipinski definition) is 0. The molecule has 0 spiro atoms. The van der Waals surface area contributed by atoms with Gasteiger partial charge < -0.3 is 8.85 Å². The first kappa shape index (κ1) is 32.2. The van der Waals surface area contributed by atoms with Crippen LogP contribution >= 0.6 is 0 Å². The standard InChI is InChI=1S/C28H56O4Si/c1-5-7-9-11-13-15-17-19-21-23-25-27(29)31-33(3,4)32-28(30)26-24-22-20-18-16-14-12-10-8-6-2/h5-26H2,1-4H3. The summed E-state index contributed by atoms with van der Waals surface area (Å²) < 4.78 is 11.1. The van der Waals surface area contributed by atoms with Gasteiger partial charge in [-0.1, -0.05) is 129 Å². The van der Waals surface area contributed by atoms with Crippen LogP contribution in [0.1, 0.15) is 155 Å². The van der Waals surface area contributed by atoms with Gasteiger partial charge in [0.2, 0.25) is 0 Å². The summed E-state index contributed by atoms with van der Waals surface area (Å²) in [6.07, 6.45) is 25.7. The van der Waals surface area contributed by atoms with Crippen LogP contribution in [0.5, 0.6) is 0 Å². The summed E-state index contributed by atoms with van der Waals surface area (Å²) in [6, 6.07) is 0. The number of hydrogen-bond acceptors (Lipinski definition) is 4. The Balaban J connectivity index is 3.64. The van der Waals surface area contributed by atoms with Crippen LogP contribution in [0.4, 0.5) is 0 Å². The van der Waals surface area contributed by atoms with Crippen LogP contribution < -0.4 is 0 Å². The molecule has 0 fully saturated rings. The van der Waals surface area contributed by atoms with E-state index < -0.39 is 8.56 Å². The third kappa shape index (κ3) is 24.1. The quantitative estimate of drug-likeness (QED) is 0.101. The molecule has 0 N–H and O–H groups in total. The Kier molecular flexibility index (Phi) is 22.3. The average Bonchev–Trinajstić information content (AvgIpc) is 2.75. The molecule has 0 rings (SSSR count). The Hall–Kier alpha value is -0.843.